The van der Waals surface area contributed by atoms with Crippen molar-refractivity contribution in [3.63, 3.8) is 0 Å². The fourth-order valence-corrected chi connectivity index (χ4v) is 3.74. The minimum absolute atomic E-state index is 0.273. The Morgan fingerprint density at radius 1 is 1.00 bits per heavy atom. The molecule has 3 aromatic rings. The Kier molecular flexibility index (Phi) is 4.06. The van der Waals surface area contributed by atoms with Crippen molar-refractivity contribution in [1.82, 2.24) is 0 Å². The highest BCUT2D eigenvalue weighted by atomic mass is 32.2. The third-order valence-electron chi connectivity index (χ3n) is 3.20. The smallest absolute Gasteiger partial charge is 0.257 e. The molecule has 118 valence electrons. The molecular weight excluding hydrogens is 332 g/mol. The van der Waals surface area contributed by atoms with Crippen LogP contribution < -0.4 is 10.0 Å². The summed E-state index contributed by atoms with van der Waals surface area (Å²) in [7, 11) is -3.42. The van der Waals surface area contributed by atoms with Gasteiger partial charge >= 0.3 is 0 Å². The third kappa shape index (κ3) is 3.52. The second-order valence-corrected chi connectivity index (χ2v) is 7.68. The predicted molar refractivity (Wildman–Crippen MR) is 94.7 cm³/mol. The van der Waals surface area contributed by atoms with Crippen LogP contribution in [0.3, 0.4) is 0 Å². The second kappa shape index (κ2) is 6.02. The standard InChI is InChI=1S/C16H14N2O3S2/c1-23(20,21)18-14-8-4-3-7-13(14)17-16(19)12-10-22-15-9-5-2-6-11(12)15/h2-10,18H,1H3,(H,17,19). The molecule has 0 radical (unpaired) electrons. The first-order chi connectivity index (χ1) is 10.9. The van der Waals surface area contributed by atoms with Crippen LogP contribution in [0.1, 0.15) is 10.4 Å². The fourth-order valence-electron chi connectivity index (χ4n) is 2.22. The van der Waals surface area contributed by atoms with Crippen molar-refractivity contribution in [1.29, 1.82) is 0 Å². The summed E-state index contributed by atoms with van der Waals surface area (Å²) in [6, 6.07) is 14.3. The Bertz CT molecular complexity index is 978. The molecule has 1 heterocycles. The zero-order valence-electron chi connectivity index (χ0n) is 12.2. The van der Waals surface area contributed by atoms with Crippen molar-refractivity contribution in [2.24, 2.45) is 0 Å². The highest BCUT2D eigenvalue weighted by molar-refractivity contribution is 7.92. The Morgan fingerprint density at radius 2 is 1.65 bits per heavy atom. The van der Waals surface area contributed by atoms with Gasteiger partial charge in [0.25, 0.3) is 5.91 Å². The summed E-state index contributed by atoms with van der Waals surface area (Å²) in [6.45, 7) is 0. The van der Waals surface area contributed by atoms with Crippen molar-refractivity contribution >= 4 is 48.7 Å². The summed E-state index contributed by atoms with van der Waals surface area (Å²) in [5.74, 6) is -0.273. The lowest BCUT2D eigenvalue weighted by atomic mass is 10.1. The molecule has 0 bridgehead atoms. The van der Waals surface area contributed by atoms with Crippen LogP contribution in [0.2, 0.25) is 0 Å². The molecule has 0 saturated carbocycles. The lowest BCUT2D eigenvalue weighted by molar-refractivity contribution is 0.102. The van der Waals surface area contributed by atoms with Gasteiger partial charge in [-0.15, -0.1) is 11.3 Å². The van der Waals surface area contributed by atoms with Crippen molar-refractivity contribution < 1.29 is 13.2 Å². The van der Waals surface area contributed by atoms with Gasteiger partial charge in [0.15, 0.2) is 0 Å². The maximum Gasteiger partial charge on any atom is 0.257 e. The van der Waals surface area contributed by atoms with E-state index in [0.29, 0.717) is 16.9 Å². The van der Waals surface area contributed by atoms with Gasteiger partial charge in [-0.25, -0.2) is 8.42 Å². The fraction of sp³-hybridized carbons (Fsp3) is 0.0625. The summed E-state index contributed by atoms with van der Waals surface area (Å²) >= 11 is 1.49. The Labute approximate surface area is 138 Å². The van der Waals surface area contributed by atoms with Crippen LogP contribution in [-0.2, 0) is 10.0 Å². The molecule has 0 atom stereocenters. The largest absolute Gasteiger partial charge is 0.320 e. The average molecular weight is 346 g/mol. The molecule has 2 N–H and O–H groups in total. The Balaban J connectivity index is 1.92. The van der Waals surface area contributed by atoms with Crippen LogP contribution in [0.15, 0.2) is 53.9 Å². The lowest BCUT2D eigenvalue weighted by Crippen LogP contribution is -2.15. The van der Waals surface area contributed by atoms with E-state index in [1.54, 1.807) is 29.6 Å². The SMILES string of the molecule is CS(=O)(=O)Nc1ccccc1NC(=O)c1csc2ccccc12. The van der Waals surface area contributed by atoms with E-state index in [0.717, 1.165) is 16.3 Å². The molecule has 3 rings (SSSR count). The number of benzene rings is 2. The molecule has 1 aromatic heterocycles. The van der Waals surface area contributed by atoms with E-state index in [2.05, 4.69) is 10.0 Å². The van der Waals surface area contributed by atoms with Gasteiger partial charge in [0, 0.05) is 15.5 Å². The third-order valence-corrected chi connectivity index (χ3v) is 4.75. The molecule has 0 aliphatic carbocycles. The van der Waals surface area contributed by atoms with Crippen LogP contribution in [0, 0.1) is 0 Å². The van der Waals surface area contributed by atoms with E-state index in [9.17, 15) is 13.2 Å². The van der Waals surface area contributed by atoms with Gasteiger partial charge in [-0.1, -0.05) is 30.3 Å². The van der Waals surface area contributed by atoms with Gasteiger partial charge in [-0.2, -0.15) is 0 Å². The molecule has 2 aromatic carbocycles. The lowest BCUT2D eigenvalue weighted by Gasteiger charge is -2.11. The zero-order chi connectivity index (χ0) is 16.4. The number of sulfonamides is 1. The van der Waals surface area contributed by atoms with Gasteiger partial charge in [0.1, 0.15) is 0 Å². The number of carbonyl (C=O) groups excluding carboxylic acids is 1. The molecule has 5 nitrogen and oxygen atoms in total. The van der Waals surface area contributed by atoms with Crippen molar-refractivity contribution in [3.8, 4) is 0 Å². The number of anilines is 2. The molecule has 0 fully saturated rings. The van der Waals surface area contributed by atoms with Gasteiger partial charge in [-0.05, 0) is 18.2 Å². The Morgan fingerprint density at radius 3 is 2.39 bits per heavy atom. The van der Waals surface area contributed by atoms with E-state index in [1.165, 1.54) is 11.3 Å². The molecule has 7 heteroatoms. The van der Waals surface area contributed by atoms with E-state index in [4.69, 9.17) is 0 Å². The summed E-state index contributed by atoms with van der Waals surface area (Å²) in [5.41, 5.74) is 1.32. The van der Waals surface area contributed by atoms with Crippen LogP contribution in [0.5, 0.6) is 0 Å². The second-order valence-electron chi connectivity index (χ2n) is 5.02. The molecule has 0 unspecified atom stereocenters. The maximum atomic E-state index is 12.5. The number of amides is 1. The molecule has 0 aliphatic heterocycles. The van der Waals surface area contributed by atoms with Crippen molar-refractivity contribution in [2.45, 2.75) is 0 Å². The number of hydrogen-bond donors (Lipinski definition) is 2. The molecular formula is C16H14N2O3S2. The zero-order valence-corrected chi connectivity index (χ0v) is 13.9. The number of fused-ring (bicyclic) bond motifs is 1. The highest BCUT2D eigenvalue weighted by Crippen LogP contribution is 2.28. The first kappa shape index (κ1) is 15.5. The number of carbonyl (C=O) groups is 1. The van der Waals surface area contributed by atoms with Crippen LogP contribution in [-0.4, -0.2) is 20.6 Å². The Hall–Kier alpha value is -2.38. The van der Waals surface area contributed by atoms with Crippen LogP contribution >= 0.6 is 11.3 Å². The van der Waals surface area contributed by atoms with E-state index in [-0.39, 0.29) is 5.91 Å². The van der Waals surface area contributed by atoms with E-state index in [1.807, 2.05) is 24.3 Å². The number of rotatable bonds is 4. The van der Waals surface area contributed by atoms with Gasteiger partial charge in [0.05, 0.1) is 23.2 Å². The topological polar surface area (TPSA) is 75.3 Å². The number of hydrogen-bond acceptors (Lipinski definition) is 4. The maximum absolute atomic E-state index is 12.5. The molecule has 0 spiro atoms. The number of thiophene rings is 1. The number of nitrogens with one attached hydrogen (secondary N) is 2. The molecule has 0 saturated heterocycles. The van der Waals surface area contributed by atoms with Crippen molar-refractivity contribution in [2.75, 3.05) is 16.3 Å². The van der Waals surface area contributed by atoms with Gasteiger partial charge in [0.2, 0.25) is 10.0 Å². The van der Waals surface area contributed by atoms with Crippen LogP contribution in [0.4, 0.5) is 11.4 Å². The average Bonchev–Trinajstić information content (AvgIpc) is 2.92. The predicted octanol–water partition coefficient (Wildman–Crippen LogP) is 3.53. The van der Waals surface area contributed by atoms with Crippen molar-refractivity contribution in [3.05, 3.63) is 59.5 Å². The van der Waals surface area contributed by atoms with Gasteiger partial charge < -0.3 is 5.32 Å². The quantitative estimate of drug-likeness (QED) is 0.759. The first-order valence-corrected chi connectivity index (χ1v) is 9.55. The highest BCUT2D eigenvalue weighted by Gasteiger charge is 2.14. The van der Waals surface area contributed by atoms with Gasteiger partial charge in [-0.3, -0.25) is 9.52 Å². The first-order valence-electron chi connectivity index (χ1n) is 6.78. The summed E-state index contributed by atoms with van der Waals surface area (Å²) in [4.78, 5) is 12.5. The summed E-state index contributed by atoms with van der Waals surface area (Å²) < 4.78 is 26.3. The molecule has 1 amide bonds. The summed E-state index contributed by atoms with van der Waals surface area (Å²) in [6.07, 6.45) is 1.07. The van der Waals surface area contributed by atoms with Crippen LogP contribution in [0.25, 0.3) is 10.1 Å². The molecule has 0 aliphatic rings. The van der Waals surface area contributed by atoms with E-state index < -0.39 is 10.0 Å². The minimum atomic E-state index is -3.42. The normalized spacial score (nSPS) is 11.3. The molecule has 23 heavy (non-hydrogen) atoms. The summed E-state index contributed by atoms with van der Waals surface area (Å²) in [5, 5.41) is 5.44. The van der Waals surface area contributed by atoms with E-state index >= 15 is 0 Å². The minimum Gasteiger partial charge on any atom is -0.320 e. The monoisotopic (exact) mass is 346 g/mol. The number of para-hydroxylation sites is 2.